The molecule has 0 aromatic carbocycles. The topological polar surface area (TPSA) is 12.0 Å². The molecule has 0 bridgehead atoms. The number of unbranched alkanes of at least 4 members (excludes halogenated alkanes) is 9. The highest BCUT2D eigenvalue weighted by Crippen LogP contribution is 2.13. The summed E-state index contributed by atoms with van der Waals surface area (Å²) in [5, 5.41) is 3.37. The number of hydrogen-bond acceptors (Lipinski definition) is 1. The molecule has 0 atom stereocenters. The smallest absolute Gasteiger partial charge is 0.00143 e. The Morgan fingerprint density at radius 3 is 1.90 bits per heavy atom. The molecule has 0 spiro atoms. The zero-order valence-electron chi connectivity index (χ0n) is 14.5. The fourth-order valence-corrected chi connectivity index (χ4v) is 2.59. The van der Waals surface area contributed by atoms with Crippen molar-refractivity contribution in [1.29, 1.82) is 0 Å². The lowest BCUT2D eigenvalue weighted by atomic mass is 10.0. The zero-order chi connectivity index (χ0) is 14.9. The minimum atomic E-state index is 1.09. The Balaban J connectivity index is 3.18. The first-order chi connectivity index (χ1) is 9.81. The normalized spacial score (nSPS) is 12.1. The van der Waals surface area contributed by atoms with Crippen LogP contribution < -0.4 is 5.32 Å². The van der Waals surface area contributed by atoms with Crippen LogP contribution in [0.4, 0.5) is 0 Å². The maximum Gasteiger partial charge on any atom is -0.00143 e. The van der Waals surface area contributed by atoms with Crippen molar-refractivity contribution in [3.63, 3.8) is 0 Å². The molecule has 0 saturated heterocycles. The standard InChI is InChI=1S/C19H39N/c1-4-6-7-8-9-10-11-12-13-14-16-19(3)17-15-18-20-5-2/h17,20H,4-16,18H2,1-3H3. The van der Waals surface area contributed by atoms with Gasteiger partial charge >= 0.3 is 0 Å². The summed E-state index contributed by atoms with van der Waals surface area (Å²) >= 11 is 0. The summed E-state index contributed by atoms with van der Waals surface area (Å²) in [5.41, 5.74) is 1.59. The molecular weight excluding hydrogens is 242 g/mol. The lowest BCUT2D eigenvalue weighted by molar-refractivity contribution is 0.556. The van der Waals surface area contributed by atoms with E-state index in [2.05, 4.69) is 32.2 Å². The largest absolute Gasteiger partial charge is 0.317 e. The second-order valence-electron chi connectivity index (χ2n) is 6.12. The zero-order valence-corrected chi connectivity index (χ0v) is 14.5. The van der Waals surface area contributed by atoms with Crippen molar-refractivity contribution in [3.8, 4) is 0 Å². The van der Waals surface area contributed by atoms with Crippen LogP contribution in [0.1, 0.15) is 97.8 Å². The average molecular weight is 282 g/mol. The van der Waals surface area contributed by atoms with Crippen molar-refractivity contribution in [2.24, 2.45) is 0 Å². The Labute approximate surface area is 128 Å². The Bertz CT molecular complexity index is 208. The van der Waals surface area contributed by atoms with E-state index in [4.69, 9.17) is 0 Å². The summed E-state index contributed by atoms with van der Waals surface area (Å²) in [5.74, 6) is 0. The molecule has 0 saturated carbocycles. The average Bonchev–Trinajstić information content (AvgIpc) is 2.45. The molecule has 0 unspecified atom stereocenters. The van der Waals surface area contributed by atoms with Crippen LogP contribution in [0.5, 0.6) is 0 Å². The molecule has 0 aromatic heterocycles. The van der Waals surface area contributed by atoms with E-state index in [0.29, 0.717) is 0 Å². The number of nitrogens with one attached hydrogen (secondary N) is 1. The van der Waals surface area contributed by atoms with Gasteiger partial charge < -0.3 is 5.32 Å². The van der Waals surface area contributed by atoms with Crippen molar-refractivity contribution in [2.75, 3.05) is 13.1 Å². The third kappa shape index (κ3) is 15.8. The van der Waals surface area contributed by atoms with Gasteiger partial charge in [-0.15, -0.1) is 0 Å². The molecular formula is C19H39N. The monoisotopic (exact) mass is 281 g/mol. The highest BCUT2D eigenvalue weighted by Gasteiger charge is 1.94. The Hall–Kier alpha value is -0.300. The van der Waals surface area contributed by atoms with Crippen LogP contribution in [-0.4, -0.2) is 13.1 Å². The lowest BCUT2D eigenvalue weighted by Crippen LogP contribution is -2.13. The van der Waals surface area contributed by atoms with E-state index in [0.717, 1.165) is 13.1 Å². The quantitative estimate of drug-likeness (QED) is 0.276. The minimum Gasteiger partial charge on any atom is -0.317 e. The molecule has 1 nitrogen and oxygen atoms in total. The second-order valence-corrected chi connectivity index (χ2v) is 6.12. The van der Waals surface area contributed by atoms with E-state index >= 15 is 0 Å². The molecule has 0 heterocycles. The van der Waals surface area contributed by atoms with Gasteiger partial charge in [0.05, 0.1) is 0 Å². The summed E-state index contributed by atoms with van der Waals surface area (Å²) < 4.78 is 0. The van der Waals surface area contributed by atoms with Crippen molar-refractivity contribution in [1.82, 2.24) is 5.32 Å². The Kier molecular flexibility index (Phi) is 16.5. The van der Waals surface area contributed by atoms with Crippen LogP contribution in [0.2, 0.25) is 0 Å². The predicted octanol–water partition coefficient (Wildman–Crippen LogP) is 6.24. The van der Waals surface area contributed by atoms with E-state index in [1.807, 2.05) is 0 Å². The van der Waals surface area contributed by atoms with Crippen molar-refractivity contribution in [3.05, 3.63) is 11.6 Å². The van der Waals surface area contributed by atoms with Gasteiger partial charge in [0.2, 0.25) is 0 Å². The first-order valence-corrected chi connectivity index (χ1v) is 9.17. The van der Waals surface area contributed by atoms with Gasteiger partial charge in [-0.05, 0) is 39.3 Å². The summed E-state index contributed by atoms with van der Waals surface area (Å²) in [7, 11) is 0. The van der Waals surface area contributed by atoms with E-state index in [-0.39, 0.29) is 0 Å². The maximum absolute atomic E-state index is 3.37. The van der Waals surface area contributed by atoms with E-state index in [1.165, 1.54) is 77.0 Å². The third-order valence-electron chi connectivity index (χ3n) is 3.99. The SMILES string of the molecule is CCCCCCCCCCCCC(C)=CCCNCC. The fraction of sp³-hybridized carbons (Fsp3) is 0.895. The van der Waals surface area contributed by atoms with Crippen LogP contribution >= 0.6 is 0 Å². The Morgan fingerprint density at radius 1 is 0.800 bits per heavy atom. The molecule has 0 aliphatic carbocycles. The third-order valence-corrected chi connectivity index (χ3v) is 3.99. The molecule has 0 rings (SSSR count). The van der Waals surface area contributed by atoms with Crippen molar-refractivity contribution in [2.45, 2.75) is 97.8 Å². The van der Waals surface area contributed by atoms with Gasteiger partial charge in [-0.2, -0.15) is 0 Å². The van der Waals surface area contributed by atoms with Gasteiger partial charge in [0.15, 0.2) is 0 Å². The first-order valence-electron chi connectivity index (χ1n) is 9.17. The summed E-state index contributed by atoms with van der Waals surface area (Å²) in [6, 6.07) is 0. The van der Waals surface area contributed by atoms with Gasteiger partial charge in [-0.25, -0.2) is 0 Å². The Morgan fingerprint density at radius 2 is 1.35 bits per heavy atom. The molecule has 0 fully saturated rings. The summed E-state index contributed by atoms with van der Waals surface area (Å²) in [4.78, 5) is 0. The fourth-order valence-electron chi connectivity index (χ4n) is 2.59. The summed E-state index contributed by atoms with van der Waals surface area (Å²) in [6.45, 7) is 8.97. The van der Waals surface area contributed by atoms with Crippen molar-refractivity contribution >= 4 is 0 Å². The molecule has 0 amide bonds. The van der Waals surface area contributed by atoms with Gasteiger partial charge in [-0.1, -0.05) is 83.3 Å². The van der Waals surface area contributed by atoms with Crippen LogP contribution in [0.3, 0.4) is 0 Å². The van der Waals surface area contributed by atoms with Crippen LogP contribution in [0.15, 0.2) is 11.6 Å². The van der Waals surface area contributed by atoms with Crippen LogP contribution in [0.25, 0.3) is 0 Å². The molecule has 0 aliphatic rings. The molecule has 0 radical (unpaired) electrons. The number of allylic oxidation sites excluding steroid dienone is 1. The molecule has 20 heavy (non-hydrogen) atoms. The molecule has 120 valence electrons. The van der Waals surface area contributed by atoms with Gasteiger partial charge in [0.1, 0.15) is 0 Å². The maximum atomic E-state index is 3.37. The van der Waals surface area contributed by atoms with Gasteiger partial charge in [-0.3, -0.25) is 0 Å². The summed E-state index contributed by atoms with van der Waals surface area (Å²) in [6.07, 6.45) is 19.2. The minimum absolute atomic E-state index is 1.09. The lowest BCUT2D eigenvalue weighted by Gasteiger charge is -2.04. The number of hydrogen-bond donors (Lipinski definition) is 1. The first kappa shape index (κ1) is 19.7. The van der Waals surface area contributed by atoms with Crippen LogP contribution in [0, 0.1) is 0 Å². The predicted molar refractivity (Wildman–Crippen MR) is 93.4 cm³/mol. The van der Waals surface area contributed by atoms with E-state index < -0.39 is 0 Å². The van der Waals surface area contributed by atoms with Gasteiger partial charge in [0, 0.05) is 0 Å². The molecule has 1 heteroatoms. The van der Waals surface area contributed by atoms with Gasteiger partial charge in [0.25, 0.3) is 0 Å². The molecule has 1 N–H and O–H groups in total. The van der Waals surface area contributed by atoms with E-state index in [9.17, 15) is 0 Å². The van der Waals surface area contributed by atoms with E-state index in [1.54, 1.807) is 5.57 Å². The number of rotatable bonds is 15. The molecule has 0 aromatic rings. The van der Waals surface area contributed by atoms with Crippen LogP contribution in [-0.2, 0) is 0 Å². The second kappa shape index (κ2) is 16.8. The molecule has 0 aliphatic heterocycles. The highest BCUT2D eigenvalue weighted by molar-refractivity contribution is 4.97. The highest BCUT2D eigenvalue weighted by atomic mass is 14.8. The van der Waals surface area contributed by atoms with Crippen molar-refractivity contribution < 1.29 is 0 Å².